The van der Waals surface area contributed by atoms with E-state index in [1.165, 1.54) is 6.21 Å². The van der Waals surface area contributed by atoms with Gasteiger partial charge in [-0.3, -0.25) is 0 Å². The van der Waals surface area contributed by atoms with Crippen LogP contribution in [0.4, 0.5) is 0 Å². The van der Waals surface area contributed by atoms with E-state index in [9.17, 15) is 0 Å². The van der Waals surface area contributed by atoms with Crippen molar-refractivity contribution in [2.24, 2.45) is 0 Å². The third kappa shape index (κ3) is 11300. The van der Waals surface area contributed by atoms with Gasteiger partial charge in [-0.15, -0.1) is 0 Å². The van der Waals surface area contributed by atoms with E-state index in [0.717, 1.165) is 0 Å². The molecule has 0 aliphatic rings. The second-order valence-electron chi connectivity index (χ2n) is 0.183. The standard InChI is InChI=1S/5CO.CH3P.W/c6*1-2;/h;;;;;1H3;. The zero-order valence-electron chi connectivity index (χ0n) is 6.40. The molecule has 0 saturated carbocycles. The van der Waals surface area contributed by atoms with Gasteiger partial charge in [-0.2, -0.15) is 0 Å². The van der Waals surface area contributed by atoms with Crippen LogP contribution in [0.5, 0.6) is 0 Å². The van der Waals surface area contributed by atoms with E-state index in [1.807, 2.05) is 0 Å². The first kappa shape index (κ1) is 38.8. The Morgan fingerprint density at radius 2 is 0.692 bits per heavy atom. The molecule has 13 heavy (non-hydrogen) atoms. The van der Waals surface area contributed by atoms with Crippen LogP contribution in [0.2, 0.25) is 0 Å². The number of rotatable bonds is 0. The molecular weight excluding hydrogens is 367 g/mol. The molecule has 7 heteroatoms. The summed E-state index contributed by atoms with van der Waals surface area (Å²) in [7, 11) is 0. The van der Waals surface area contributed by atoms with Gasteiger partial charge in [-0.05, 0) is 0 Å². The molecule has 68 valence electrons. The van der Waals surface area contributed by atoms with E-state index in [1.54, 1.807) is 18.8 Å². The fourth-order valence-corrected chi connectivity index (χ4v) is 0. The Hall–Kier alpha value is -0.312. The molecule has 0 unspecified atom stereocenters. The van der Waals surface area contributed by atoms with Crippen molar-refractivity contribution in [3.63, 3.8) is 0 Å². The van der Waals surface area contributed by atoms with E-state index in [2.05, 4.69) is 39.9 Å². The van der Waals surface area contributed by atoms with Crippen molar-refractivity contribution in [2.75, 3.05) is 6.66 Å². The SMILES string of the molecule is C[P]=[W].[C-]#[O+].[C-]#[O+].[C-]#[O+].[C-]#[O+].[C-]#[O+]. The summed E-state index contributed by atoms with van der Waals surface area (Å²) in [6.45, 7) is 24.6. The van der Waals surface area contributed by atoms with Crippen LogP contribution in [0.25, 0.3) is 0 Å². The Morgan fingerprint density at radius 3 is 0.692 bits per heavy atom. The molecular formula is C6H3O5PW. The first-order chi connectivity index (χ1) is 6.41. The fraction of sp³-hybridized carbons (Fsp3) is 0.167. The van der Waals surface area contributed by atoms with Crippen molar-refractivity contribution in [3.05, 3.63) is 33.3 Å². The fourth-order valence-electron chi connectivity index (χ4n) is 0. The van der Waals surface area contributed by atoms with Crippen LogP contribution in [0.15, 0.2) is 0 Å². The topological polar surface area (TPSA) is 99.5 Å². The Morgan fingerprint density at radius 1 is 0.692 bits per heavy atom. The average Bonchev–Trinajstić information content (AvgIpc) is 2.32. The summed E-state index contributed by atoms with van der Waals surface area (Å²) in [5.74, 6) is 0. The van der Waals surface area contributed by atoms with Crippen LogP contribution in [0, 0.1) is 33.3 Å². The molecule has 0 aromatic heterocycles. The van der Waals surface area contributed by atoms with Gasteiger partial charge >= 0.3 is 88.2 Å². The van der Waals surface area contributed by atoms with E-state index in [-0.39, 0.29) is 0 Å². The summed E-state index contributed by atoms with van der Waals surface area (Å²) in [5, 5.41) is 0. The van der Waals surface area contributed by atoms with Gasteiger partial charge in [-0.1, -0.05) is 0 Å². The van der Waals surface area contributed by atoms with Crippen molar-refractivity contribution in [1.29, 1.82) is 0 Å². The maximum atomic E-state index is 7.50. The van der Waals surface area contributed by atoms with Gasteiger partial charge in [0.25, 0.3) is 0 Å². The molecule has 0 rings (SSSR count). The molecule has 0 fully saturated rings. The van der Waals surface area contributed by atoms with E-state index >= 15 is 0 Å². The minimum absolute atomic E-state index is 1.50. The van der Waals surface area contributed by atoms with Gasteiger partial charge in [-0.25, -0.2) is 0 Å². The molecule has 0 aliphatic heterocycles. The third-order valence-corrected chi connectivity index (χ3v) is 0. The molecule has 0 amide bonds. The van der Waals surface area contributed by atoms with E-state index in [4.69, 9.17) is 23.3 Å². The Labute approximate surface area is 88.4 Å². The van der Waals surface area contributed by atoms with Gasteiger partial charge in [0.1, 0.15) is 0 Å². The normalized spacial score (nSPS) is 2.38. The van der Waals surface area contributed by atoms with Gasteiger partial charge in [0.15, 0.2) is 0 Å². The van der Waals surface area contributed by atoms with Crippen LogP contribution in [0.3, 0.4) is 0 Å². The zero-order valence-corrected chi connectivity index (χ0v) is 10.2. The zero-order chi connectivity index (χ0) is 12.7. The van der Waals surface area contributed by atoms with E-state index < -0.39 is 0 Å². The van der Waals surface area contributed by atoms with Crippen molar-refractivity contribution in [2.45, 2.75) is 0 Å². The summed E-state index contributed by atoms with van der Waals surface area (Å²) in [6.07, 6.45) is 1.50. The van der Waals surface area contributed by atoms with Gasteiger partial charge < -0.3 is 0 Å². The monoisotopic (exact) mass is 370 g/mol. The molecule has 0 bridgehead atoms. The Bertz CT molecular complexity index is 111. The quantitative estimate of drug-likeness (QED) is 0.343. The summed E-state index contributed by atoms with van der Waals surface area (Å²) < 4.78 is 37.5. The van der Waals surface area contributed by atoms with Crippen LogP contribution in [-0.2, 0) is 42.1 Å². The number of hydrogen-bond acceptors (Lipinski definition) is 0. The molecule has 0 aliphatic carbocycles. The second kappa shape index (κ2) is 2820. The average molecular weight is 370 g/mol. The third-order valence-electron chi connectivity index (χ3n) is 0. The van der Waals surface area contributed by atoms with Gasteiger partial charge in [0, 0.05) is 0 Å². The summed E-state index contributed by atoms with van der Waals surface area (Å²) in [5.41, 5.74) is 0. The van der Waals surface area contributed by atoms with Crippen molar-refractivity contribution >= 4 is 6.21 Å². The van der Waals surface area contributed by atoms with Gasteiger partial charge in [0.2, 0.25) is 0 Å². The van der Waals surface area contributed by atoms with Crippen molar-refractivity contribution in [1.82, 2.24) is 0 Å². The Kier molecular flexibility index (Phi) is 8400. The van der Waals surface area contributed by atoms with Gasteiger partial charge in [0.05, 0.1) is 0 Å². The van der Waals surface area contributed by atoms with Crippen LogP contribution in [-0.4, -0.2) is 6.66 Å². The summed E-state index contributed by atoms with van der Waals surface area (Å²) in [6, 6.07) is 0. The molecule has 0 atom stereocenters. The summed E-state index contributed by atoms with van der Waals surface area (Å²) in [4.78, 5) is 0. The van der Waals surface area contributed by atoms with Crippen LogP contribution in [0.1, 0.15) is 0 Å². The molecule has 0 spiro atoms. The Balaban J connectivity index is -0.0000000115. The van der Waals surface area contributed by atoms with Crippen LogP contribution < -0.4 is 0 Å². The molecule has 0 heterocycles. The van der Waals surface area contributed by atoms with E-state index in [0.29, 0.717) is 0 Å². The predicted octanol–water partition coefficient (Wildman–Crippen LogP) is 0.837. The molecule has 0 radical (unpaired) electrons. The molecule has 0 N–H and O–H groups in total. The van der Waals surface area contributed by atoms with Crippen molar-refractivity contribution in [3.8, 4) is 0 Å². The van der Waals surface area contributed by atoms with Crippen LogP contribution >= 0.6 is 6.21 Å². The second-order valence-corrected chi connectivity index (χ2v) is 4.48. The first-order valence-electron chi connectivity index (χ1n) is 1.65. The molecule has 5 nitrogen and oxygen atoms in total. The number of hydrogen-bond donors (Lipinski definition) is 0. The first-order valence-corrected chi connectivity index (χ1v) is 6.85. The molecule has 0 saturated heterocycles. The summed E-state index contributed by atoms with van der Waals surface area (Å²) >= 11 is 1.64. The maximum absolute atomic E-state index is 7.50. The predicted molar refractivity (Wildman–Crippen MR) is 32.5 cm³/mol. The minimum atomic E-state index is 1.50. The molecule has 0 aromatic carbocycles. The van der Waals surface area contributed by atoms with Crippen molar-refractivity contribution < 1.29 is 42.1 Å². The molecule has 0 aromatic rings.